The van der Waals surface area contributed by atoms with Crippen LogP contribution in [0.4, 0.5) is 4.39 Å². The van der Waals surface area contributed by atoms with E-state index < -0.39 is 0 Å². The van der Waals surface area contributed by atoms with Crippen molar-refractivity contribution in [3.05, 3.63) is 35.6 Å². The number of rotatable bonds is 4. The molecule has 1 unspecified atom stereocenters. The molecule has 3 heteroatoms. The van der Waals surface area contributed by atoms with Crippen molar-refractivity contribution in [1.82, 2.24) is 10.2 Å². The van der Waals surface area contributed by atoms with Gasteiger partial charge >= 0.3 is 0 Å². The Labute approximate surface area is 121 Å². The number of halogens is 1. The average Bonchev–Trinajstić information content (AvgIpc) is 3.24. The summed E-state index contributed by atoms with van der Waals surface area (Å²) in [7, 11) is 0. The first-order chi connectivity index (χ1) is 9.66. The van der Waals surface area contributed by atoms with Crippen LogP contribution in [0.1, 0.15) is 31.7 Å². The Morgan fingerprint density at radius 1 is 1.40 bits per heavy atom. The minimum atomic E-state index is -0.122. The van der Waals surface area contributed by atoms with Crippen LogP contribution < -0.4 is 5.32 Å². The molecule has 2 nitrogen and oxygen atoms in total. The highest BCUT2D eigenvalue weighted by atomic mass is 19.1. The molecule has 2 aliphatic rings. The van der Waals surface area contributed by atoms with Gasteiger partial charge in [-0.25, -0.2) is 4.39 Å². The topological polar surface area (TPSA) is 15.3 Å². The predicted molar refractivity (Wildman–Crippen MR) is 80.3 cm³/mol. The van der Waals surface area contributed by atoms with Crippen molar-refractivity contribution in [2.75, 3.05) is 26.2 Å². The molecule has 20 heavy (non-hydrogen) atoms. The van der Waals surface area contributed by atoms with Crippen LogP contribution in [0.5, 0.6) is 0 Å². The van der Waals surface area contributed by atoms with E-state index in [2.05, 4.69) is 17.1 Å². The van der Waals surface area contributed by atoms with Crippen molar-refractivity contribution in [3.8, 4) is 0 Å². The van der Waals surface area contributed by atoms with Crippen molar-refractivity contribution in [3.63, 3.8) is 0 Å². The molecule has 110 valence electrons. The summed E-state index contributed by atoms with van der Waals surface area (Å²) in [6.45, 7) is 6.83. The van der Waals surface area contributed by atoms with E-state index in [0.717, 1.165) is 44.1 Å². The van der Waals surface area contributed by atoms with Gasteiger partial charge in [0, 0.05) is 18.6 Å². The minimum Gasteiger partial charge on any atom is -0.310 e. The normalized spacial score (nSPS) is 28.3. The van der Waals surface area contributed by atoms with E-state index in [0.29, 0.717) is 5.54 Å². The molecule has 1 saturated carbocycles. The first-order valence-corrected chi connectivity index (χ1v) is 7.87. The molecule has 1 heterocycles. The zero-order valence-corrected chi connectivity index (χ0v) is 12.4. The summed E-state index contributed by atoms with van der Waals surface area (Å²) in [6.07, 6.45) is 4.91. The standard InChI is InChI=1S/C17H25FN2/c1-17(15-6-7-15)13-20(10-3-9-19-17)11-8-14-4-2-5-16(18)12-14/h2,4-5,12,15,19H,3,6-11,13H2,1H3. The molecule has 0 bridgehead atoms. The molecule has 2 fully saturated rings. The Kier molecular flexibility index (Phi) is 4.08. The lowest BCUT2D eigenvalue weighted by molar-refractivity contribution is 0.203. The Bertz CT molecular complexity index is 458. The molecule has 1 aliphatic carbocycles. The number of hydrogen-bond acceptors (Lipinski definition) is 2. The average molecular weight is 276 g/mol. The van der Waals surface area contributed by atoms with Crippen molar-refractivity contribution in [2.45, 2.75) is 38.1 Å². The first-order valence-electron chi connectivity index (χ1n) is 7.87. The fourth-order valence-electron chi connectivity index (χ4n) is 3.44. The third-order valence-electron chi connectivity index (χ3n) is 4.82. The quantitative estimate of drug-likeness (QED) is 0.909. The van der Waals surface area contributed by atoms with Crippen LogP contribution in [0.2, 0.25) is 0 Å². The van der Waals surface area contributed by atoms with E-state index >= 15 is 0 Å². The Balaban J connectivity index is 1.58. The highest BCUT2D eigenvalue weighted by Gasteiger charge is 2.42. The van der Waals surface area contributed by atoms with Gasteiger partial charge in [0.15, 0.2) is 0 Å². The van der Waals surface area contributed by atoms with E-state index in [-0.39, 0.29) is 5.82 Å². The second-order valence-electron chi connectivity index (χ2n) is 6.63. The molecule has 1 N–H and O–H groups in total. The SMILES string of the molecule is CC1(C2CC2)CN(CCc2cccc(F)c2)CCCN1. The van der Waals surface area contributed by atoms with Crippen molar-refractivity contribution >= 4 is 0 Å². The summed E-state index contributed by atoms with van der Waals surface area (Å²) in [6, 6.07) is 7.02. The maximum Gasteiger partial charge on any atom is 0.123 e. The van der Waals surface area contributed by atoms with E-state index in [1.807, 2.05) is 12.1 Å². The van der Waals surface area contributed by atoms with Gasteiger partial charge in [-0.3, -0.25) is 0 Å². The highest BCUT2D eigenvalue weighted by Crippen LogP contribution is 2.40. The van der Waals surface area contributed by atoms with Gasteiger partial charge in [0.1, 0.15) is 5.82 Å². The molecule has 0 spiro atoms. The molecule has 1 aromatic carbocycles. The van der Waals surface area contributed by atoms with Gasteiger partial charge < -0.3 is 10.2 Å². The number of benzene rings is 1. The van der Waals surface area contributed by atoms with E-state index in [1.165, 1.54) is 25.3 Å². The Morgan fingerprint density at radius 2 is 2.25 bits per heavy atom. The van der Waals surface area contributed by atoms with Crippen LogP contribution in [-0.4, -0.2) is 36.6 Å². The fraction of sp³-hybridized carbons (Fsp3) is 0.647. The van der Waals surface area contributed by atoms with E-state index in [4.69, 9.17) is 0 Å². The van der Waals surface area contributed by atoms with Gasteiger partial charge in [0.05, 0.1) is 0 Å². The third-order valence-corrected chi connectivity index (χ3v) is 4.82. The van der Waals surface area contributed by atoms with Gasteiger partial charge in [-0.05, 0) is 69.3 Å². The minimum absolute atomic E-state index is 0.122. The van der Waals surface area contributed by atoms with Crippen molar-refractivity contribution in [2.24, 2.45) is 5.92 Å². The summed E-state index contributed by atoms with van der Waals surface area (Å²) in [4.78, 5) is 2.56. The van der Waals surface area contributed by atoms with Crippen LogP contribution >= 0.6 is 0 Å². The Hall–Kier alpha value is -0.930. The fourth-order valence-corrected chi connectivity index (χ4v) is 3.44. The number of nitrogens with zero attached hydrogens (tertiary/aromatic N) is 1. The molecule has 3 rings (SSSR count). The van der Waals surface area contributed by atoms with Crippen LogP contribution in [0, 0.1) is 11.7 Å². The summed E-state index contributed by atoms with van der Waals surface area (Å²) in [5, 5.41) is 3.76. The second kappa shape index (κ2) is 5.82. The predicted octanol–water partition coefficient (Wildman–Crippen LogP) is 2.83. The second-order valence-corrected chi connectivity index (χ2v) is 6.63. The molecule has 1 atom stereocenters. The lowest BCUT2D eigenvalue weighted by Gasteiger charge is -2.34. The van der Waals surface area contributed by atoms with Crippen LogP contribution in [0.3, 0.4) is 0 Å². The van der Waals surface area contributed by atoms with Gasteiger partial charge in [-0.1, -0.05) is 12.1 Å². The van der Waals surface area contributed by atoms with Gasteiger partial charge in [0.2, 0.25) is 0 Å². The molecule has 1 aliphatic heterocycles. The lowest BCUT2D eigenvalue weighted by atomic mass is 9.95. The molecular formula is C17H25FN2. The summed E-state index contributed by atoms with van der Waals surface area (Å²) in [5.74, 6) is 0.736. The van der Waals surface area contributed by atoms with Crippen LogP contribution in [0.15, 0.2) is 24.3 Å². The van der Waals surface area contributed by atoms with Crippen LogP contribution in [0.25, 0.3) is 0 Å². The monoisotopic (exact) mass is 276 g/mol. The first kappa shape index (κ1) is 14.0. The van der Waals surface area contributed by atoms with Crippen molar-refractivity contribution in [1.29, 1.82) is 0 Å². The molecule has 0 radical (unpaired) electrons. The summed E-state index contributed by atoms with van der Waals surface area (Å²) in [5.41, 5.74) is 1.40. The lowest BCUT2D eigenvalue weighted by Crippen LogP contribution is -2.51. The maximum absolute atomic E-state index is 13.2. The van der Waals surface area contributed by atoms with Gasteiger partial charge in [-0.2, -0.15) is 0 Å². The maximum atomic E-state index is 13.2. The van der Waals surface area contributed by atoms with Crippen molar-refractivity contribution < 1.29 is 4.39 Å². The number of nitrogens with one attached hydrogen (secondary N) is 1. The molecule has 1 saturated heterocycles. The van der Waals surface area contributed by atoms with E-state index in [1.54, 1.807) is 6.07 Å². The van der Waals surface area contributed by atoms with Gasteiger partial charge in [0.25, 0.3) is 0 Å². The summed E-state index contributed by atoms with van der Waals surface area (Å²) >= 11 is 0. The molecular weight excluding hydrogens is 251 g/mol. The third kappa shape index (κ3) is 3.39. The highest BCUT2D eigenvalue weighted by molar-refractivity contribution is 5.16. The number of hydrogen-bond donors (Lipinski definition) is 1. The Morgan fingerprint density at radius 3 is 3.00 bits per heavy atom. The largest absolute Gasteiger partial charge is 0.310 e. The van der Waals surface area contributed by atoms with Gasteiger partial charge in [-0.15, -0.1) is 0 Å². The van der Waals surface area contributed by atoms with E-state index in [9.17, 15) is 4.39 Å². The zero-order chi connectivity index (χ0) is 14.0. The zero-order valence-electron chi connectivity index (χ0n) is 12.4. The molecule has 0 aromatic heterocycles. The van der Waals surface area contributed by atoms with Crippen LogP contribution in [-0.2, 0) is 6.42 Å². The molecule has 0 amide bonds. The molecule has 1 aromatic rings. The summed E-state index contributed by atoms with van der Waals surface area (Å²) < 4.78 is 13.2. The smallest absolute Gasteiger partial charge is 0.123 e.